The average Bonchev–Trinajstić information content (AvgIpc) is 2.51. The third kappa shape index (κ3) is 4.87. The van der Waals surface area contributed by atoms with Crippen molar-refractivity contribution in [3.05, 3.63) is 63.6 Å². The molecule has 2 aromatic carbocycles. The molecule has 2 rings (SSSR count). The Morgan fingerprint density at radius 2 is 1.95 bits per heavy atom. The second kappa shape index (κ2) is 7.98. The molecule has 0 amide bonds. The van der Waals surface area contributed by atoms with Gasteiger partial charge in [0.25, 0.3) is 0 Å². The number of phenols is 1. The minimum absolute atomic E-state index is 0.0835. The van der Waals surface area contributed by atoms with Crippen LogP contribution in [0.25, 0.3) is 0 Å². The van der Waals surface area contributed by atoms with Crippen molar-refractivity contribution in [2.75, 3.05) is 0 Å². The molecule has 0 radical (unpaired) electrons. The number of rotatable bonds is 4. The van der Waals surface area contributed by atoms with Crippen molar-refractivity contribution in [2.24, 2.45) is 5.10 Å². The van der Waals surface area contributed by atoms with Crippen molar-refractivity contribution in [3.63, 3.8) is 0 Å². The number of halogens is 2. The standard InChI is InChI=1S/C15H13Cl2N3OS/c16-12-6-11(14(21)13(17)7-12)9-19-20-15(22)18-8-10-4-2-1-3-5-10/h1-7,9,21H,8H2,(H2,18,20,22)/b19-9+. The highest BCUT2D eigenvalue weighted by Crippen LogP contribution is 2.29. The lowest BCUT2D eigenvalue weighted by Gasteiger charge is -2.07. The first kappa shape index (κ1) is 16.5. The summed E-state index contributed by atoms with van der Waals surface area (Å²) in [4.78, 5) is 0. The fraction of sp³-hybridized carbons (Fsp3) is 0.0667. The summed E-state index contributed by atoms with van der Waals surface area (Å²) in [5.74, 6) is -0.0835. The number of hydrogen-bond acceptors (Lipinski definition) is 3. The van der Waals surface area contributed by atoms with Crippen molar-refractivity contribution in [1.29, 1.82) is 0 Å². The number of benzene rings is 2. The smallest absolute Gasteiger partial charge is 0.187 e. The number of phenolic OH excluding ortho intramolecular Hbond substituents is 1. The second-order valence-electron chi connectivity index (χ2n) is 4.36. The number of aromatic hydroxyl groups is 1. The van der Waals surface area contributed by atoms with Crippen LogP contribution in [0.1, 0.15) is 11.1 Å². The summed E-state index contributed by atoms with van der Waals surface area (Å²) in [5, 5.41) is 17.7. The molecule has 0 spiro atoms. The Bertz CT molecular complexity index is 693. The first-order valence-electron chi connectivity index (χ1n) is 6.35. The third-order valence-corrected chi connectivity index (χ3v) is 3.47. The maximum atomic E-state index is 9.78. The van der Waals surface area contributed by atoms with Crippen LogP contribution in [0, 0.1) is 0 Å². The maximum Gasteiger partial charge on any atom is 0.187 e. The third-order valence-electron chi connectivity index (χ3n) is 2.72. The Morgan fingerprint density at radius 1 is 1.23 bits per heavy atom. The highest BCUT2D eigenvalue weighted by molar-refractivity contribution is 7.80. The van der Waals surface area contributed by atoms with Crippen molar-refractivity contribution in [1.82, 2.24) is 10.7 Å². The molecule has 0 unspecified atom stereocenters. The molecule has 0 heterocycles. The molecule has 114 valence electrons. The summed E-state index contributed by atoms with van der Waals surface area (Å²) in [6.07, 6.45) is 1.39. The molecule has 3 N–H and O–H groups in total. The molecule has 0 bridgehead atoms. The van der Waals surface area contributed by atoms with E-state index in [4.69, 9.17) is 35.4 Å². The molecular formula is C15H13Cl2N3OS. The van der Waals surface area contributed by atoms with Gasteiger partial charge in [-0.3, -0.25) is 5.43 Å². The van der Waals surface area contributed by atoms with Crippen molar-refractivity contribution >= 4 is 46.7 Å². The highest BCUT2D eigenvalue weighted by Gasteiger charge is 2.05. The minimum Gasteiger partial charge on any atom is -0.506 e. The zero-order valence-electron chi connectivity index (χ0n) is 11.4. The SMILES string of the molecule is Oc1c(Cl)cc(Cl)cc1/C=N/NC(=S)NCc1ccccc1. The van der Waals surface area contributed by atoms with Crippen LogP contribution in [0.3, 0.4) is 0 Å². The van der Waals surface area contributed by atoms with Gasteiger partial charge in [-0.25, -0.2) is 0 Å². The molecule has 0 aromatic heterocycles. The molecule has 4 nitrogen and oxygen atoms in total. The molecule has 22 heavy (non-hydrogen) atoms. The average molecular weight is 354 g/mol. The molecule has 0 saturated heterocycles. The van der Waals surface area contributed by atoms with Gasteiger partial charge in [0, 0.05) is 17.1 Å². The first-order chi connectivity index (χ1) is 10.6. The van der Waals surface area contributed by atoms with E-state index in [1.54, 1.807) is 6.07 Å². The van der Waals surface area contributed by atoms with Crippen molar-refractivity contribution in [3.8, 4) is 5.75 Å². The summed E-state index contributed by atoms with van der Waals surface area (Å²) >= 11 is 16.8. The predicted molar refractivity (Wildman–Crippen MR) is 94.7 cm³/mol. The predicted octanol–water partition coefficient (Wildman–Crippen LogP) is 3.70. The zero-order chi connectivity index (χ0) is 15.9. The fourth-order valence-electron chi connectivity index (χ4n) is 1.66. The highest BCUT2D eigenvalue weighted by atomic mass is 35.5. The van der Waals surface area contributed by atoms with Crippen LogP contribution in [0.15, 0.2) is 47.6 Å². The van der Waals surface area contributed by atoms with E-state index in [0.717, 1.165) is 5.56 Å². The van der Waals surface area contributed by atoms with Gasteiger partial charge in [-0.05, 0) is 29.9 Å². The van der Waals surface area contributed by atoms with Gasteiger partial charge in [0.15, 0.2) is 5.11 Å². The van der Waals surface area contributed by atoms with Crippen LogP contribution in [-0.2, 0) is 6.54 Å². The first-order valence-corrected chi connectivity index (χ1v) is 7.51. The molecule has 7 heteroatoms. The summed E-state index contributed by atoms with van der Waals surface area (Å²) in [6.45, 7) is 0.594. The number of hydrazone groups is 1. The molecular weight excluding hydrogens is 341 g/mol. The summed E-state index contributed by atoms with van der Waals surface area (Å²) in [5.41, 5.74) is 4.17. The van der Waals surface area contributed by atoms with E-state index in [0.29, 0.717) is 22.2 Å². The van der Waals surface area contributed by atoms with Crippen LogP contribution in [0.4, 0.5) is 0 Å². The van der Waals surface area contributed by atoms with Gasteiger partial charge in [-0.2, -0.15) is 5.10 Å². The van der Waals surface area contributed by atoms with Gasteiger partial charge >= 0.3 is 0 Å². The molecule has 2 aromatic rings. The monoisotopic (exact) mass is 353 g/mol. The van der Waals surface area contributed by atoms with Crippen LogP contribution in [0.2, 0.25) is 10.0 Å². The van der Waals surface area contributed by atoms with Crippen LogP contribution in [0.5, 0.6) is 5.75 Å². The summed E-state index contributed by atoms with van der Waals surface area (Å²) in [7, 11) is 0. The lowest BCUT2D eigenvalue weighted by molar-refractivity contribution is 0.474. The summed E-state index contributed by atoms with van der Waals surface area (Å²) < 4.78 is 0. The van der Waals surface area contributed by atoms with E-state index in [9.17, 15) is 5.11 Å². The second-order valence-corrected chi connectivity index (χ2v) is 5.62. The van der Waals surface area contributed by atoms with Crippen LogP contribution < -0.4 is 10.7 Å². The summed E-state index contributed by atoms with van der Waals surface area (Å²) in [6, 6.07) is 12.8. The fourth-order valence-corrected chi connectivity index (χ4v) is 2.30. The lowest BCUT2D eigenvalue weighted by Crippen LogP contribution is -2.31. The Labute approximate surface area is 143 Å². The van der Waals surface area contributed by atoms with Gasteiger partial charge < -0.3 is 10.4 Å². The van der Waals surface area contributed by atoms with Crippen LogP contribution in [-0.4, -0.2) is 16.4 Å². The largest absolute Gasteiger partial charge is 0.506 e. The zero-order valence-corrected chi connectivity index (χ0v) is 13.7. The Balaban J connectivity index is 1.88. The molecule has 0 atom stereocenters. The molecule has 0 aliphatic heterocycles. The van der Waals surface area contributed by atoms with Gasteiger partial charge in [0.1, 0.15) is 5.75 Å². The van der Waals surface area contributed by atoms with Crippen molar-refractivity contribution in [2.45, 2.75) is 6.54 Å². The number of nitrogens with zero attached hydrogens (tertiary/aromatic N) is 1. The van der Waals surface area contributed by atoms with Crippen molar-refractivity contribution < 1.29 is 5.11 Å². The van der Waals surface area contributed by atoms with E-state index >= 15 is 0 Å². The Kier molecular flexibility index (Phi) is 6.00. The van der Waals surface area contributed by atoms with Gasteiger partial charge in [0.2, 0.25) is 0 Å². The van der Waals surface area contributed by atoms with E-state index in [1.807, 2.05) is 30.3 Å². The molecule has 0 aliphatic carbocycles. The Morgan fingerprint density at radius 3 is 2.68 bits per heavy atom. The molecule has 0 fully saturated rings. The van der Waals surface area contributed by atoms with E-state index in [2.05, 4.69) is 15.8 Å². The Hall–Kier alpha value is -1.82. The van der Waals surface area contributed by atoms with Gasteiger partial charge in [0.05, 0.1) is 11.2 Å². The van der Waals surface area contributed by atoms with Crippen LogP contribution >= 0.6 is 35.4 Å². The number of hydrogen-bond donors (Lipinski definition) is 3. The maximum absolute atomic E-state index is 9.78. The minimum atomic E-state index is -0.0835. The molecule has 0 saturated carbocycles. The van der Waals surface area contributed by atoms with E-state index in [-0.39, 0.29) is 10.8 Å². The quantitative estimate of drug-likeness (QED) is 0.445. The normalized spacial score (nSPS) is 10.6. The lowest BCUT2D eigenvalue weighted by atomic mass is 10.2. The van der Waals surface area contributed by atoms with Gasteiger partial charge in [-0.15, -0.1) is 0 Å². The molecule has 0 aliphatic rings. The topological polar surface area (TPSA) is 56.7 Å². The van der Waals surface area contributed by atoms with Gasteiger partial charge in [-0.1, -0.05) is 53.5 Å². The van der Waals surface area contributed by atoms with E-state index in [1.165, 1.54) is 12.3 Å². The number of nitrogens with one attached hydrogen (secondary N) is 2. The number of thiocarbonyl (C=S) groups is 1. The van der Waals surface area contributed by atoms with E-state index < -0.39 is 0 Å².